The summed E-state index contributed by atoms with van der Waals surface area (Å²) in [5.41, 5.74) is 8.50. The summed E-state index contributed by atoms with van der Waals surface area (Å²) in [6, 6.07) is -0.833. The third kappa shape index (κ3) is 1260. The fourth-order valence-electron chi connectivity index (χ4n) is 0. The first-order valence-corrected chi connectivity index (χ1v) is 0.781. The molecule has 2 amide bonds. The number of halogens is 1. The van der Waals surface area contributed by atoms with E-state index in [1.807, 2.05) is 0 Å². The van der Waals surface area contributed by atoms with E-state index in [0.717, 1.165) is 0 Å². The van der Waals surface area contributed by atoms with Crippen LogP contribution in [0.2, 0.25) is 0 Å². The summed E-state index contributed by atoms with van der Waals surface area (Å²) >= 11 is 0. The molecule has 0 fully saturated rings. The molecule has 4 N–H and O–H groups in total. The average molecular weight is 162 g/mol. The molecule has 0 radical (unpaired) electrons. The van der Waals surface area contributed by atoms with Crippen LogP contribution in [-0.4, -0.2) is 6.03 Å². The van der Waals surface area contributed by atoms with Crippen molar-refractivity contribution in [1.82, 2.24) is 0 Å². The van der Waals surface area contributed by atoms with Crippen LogP contribution in [0.3, 0.4) is 0 Å². The molecule has 5 heteroatoms. The van der Waals surface area contributed by atoms with Crippen molar-refractivity contribution < 1.29 is 24.3 Å². The number of amides is 2. The molecule has 0 aliphatic carbocycles. The van der Waals surface area contributed by atoms with Gasteiger partial charge in [-0.2, -0.15) is 0 Å². The van der Waals surface area contributed by atoms with Crippen LogP contribution in [0.1, 0.15) is 0 Å². The number of nitrogens with two attached hydrogens (primary N) is 2. The van der Waals surface area contributed by atoms with Crippen LogP contribution in [0.25, 0.3) is 0 Å². The van der Waals surface area contributed by atoms with Crippen LogP contribution >= 0.6 is 12.4 Å². The molecule has 0 rings (SSSR count). The predicted octanol–water partition coefficient (Wildman–Crippen LogP) is -0.557. The van der Waals surface area contributed by atoms with Gasteiger partial charge in [-0.1, -0.05) is 0 Å². The number of hydrogen-bond acceptors (Lipinski definition) is 1. The van der Waals surface area contributed by atoms with E-state index < -0.39 is 6.03 Å². The molecule has 0 spiro atoms. The molecule has 0 aromatic heterocycles. The van der Waals surface area contributed by atoms with E-state index in [4.69, 9.17) is 4.79 Å². The normalized spacial score (nSPS) is 4.00. The van der Waals surface area contributed by atoms with E-state index in [0.29, 0.717) is 0 Å². The first-order valence-electron chi connectivity index (χ1n) is 0.781. The number of urea groups is 1. The molecular formula is CH5ClN2OZn. The summed E-state index contributed by atoms with van der Waals surface area (Å²) in [5.74, 6) is 0. The molecule has 0 saturated carbocycles. The van der Waals surface area contributed by atoms with Crippen LogP contribution in [0.5, 0.6) is 0 Å². The zero-order chi connectivity index (χ0) is 3.58. The van der Waals surface area contributed by atoms with Gasteiger partial charge in [0.15, 0.2) is 0 Å². The van der Waals surface area contributed by atoms with Crippen molar-refractivity contribution in [2.75, 3.05) is 0 Å². The summed E-state index contributed by atoms with van der Waals surface area (Å²) in [5, 5.41) is 0. The fourth-order valence-corrected chi connectivity index (χ4v) is 0. The fraction of sp³-hybridized carbons (Fsp3) is 0. The van der Waals surface area contributed by atoms with Crippen molar-refractivity contribution in [2.24, 2.45) is 11.5 Å². The topological polar surface area (TPSA) is 69.1 Å². The second kappa shape index (κ2) is 8.95. The number of carbonyl (C=O) groups excluding carboxylic acids is 1. The standard InChI is InChI=1S/CH4N2O.ClH.Zn/c2-1(3)4;;/h(H4,2,3,4);1H;. The van der Waals surface area contributed by atoms with Gasteiger partial charge in [0.1, 0.15) is 0 Å². The Morgan fingerprint density at radius 1 is 1.33 bits per heavy atom. The minimum absolute atomic E-state index is 0. The third-order valence-corrected chi connectivity index (χ3v) is 0. The summed E-state index contributed by atoms with van der Waals surface area (Å²) in [6.45, 7) is 0. The molecule has 0 atom stereocenters. The maximum absolute atomic E-state index is 9.00. The van der Waals surface area contributed by atoms with E-state index in [1.54, 1.807) is 0 Å². The Morgan fingerprint density at radius 2 is 1.33 bits per heavy atom. The van der Waals surface area contributed by atoms with E-state index in [2.05, 4.69) is 11.5 Å². The summed E-state index contributed by atoms with van der Waals surface area (Å²) in [6.07, 6.45) is 0. The van der Waals surface area contributed by atoms with E-state index in [9.17, 15) is 0 Å². The Hall–Kier alpha value is 0.183. The van der Waals surface area contributed by atoms with Gasteiger partial charge in [-0.05, 0) is 0 Å². The second-order valence-corrected chi connectivity index (χ2v) is 0.402. The van der Waals surface area contributed by atoms with E-state index in [-0.39, 0.29) is 31.9 Å². The van der Waals surface area contributed by atoms with E-state index in [1.165, 1.54) is 0 Å². The Kier molecular flexibility index (Phi) is 24.5. The van der Waals surface area contributed by atoms with Gasteiger partial charge in [0.25, 0.3) is 0 Å². The molecule has 0 saturated heterocycles. The maximum Gasteiger partial charge on any atom is 0.309 e. The van der Waals surface area contributed by atoms with Crippen LogP contribution < -0.4 is 11.5 Å². The minimum atomic E-state index is -0.833. The summed E-state index contributed by atoms with van der Waals surface area (Å²) in [4.78, 5) is 9.00. The van der Waals surface area contributed by atoms with Crippen LogP contribution in [0.15, 0.2) is 0 Å². The molecular weight excluding hydrogens is 157 g/mol. The summed E-state index contributed by atoms with van der Waals surface area (Å²) in [7, 11) is 0. The molecule has 0 unspecified atom stereocenters. The first kappa shape index (κ1) is 16.4. The van der Waals surface area contributed by atoms with Gasteiger partial charge in [-0.3, -0.25) is 0 Å². The zero-order valence-corrected chi connectivity index (χ0v) is 6.96. The van der Waals surface area contributed by atoms with Crippen molar-refractivity contribution in [1.29, 1.82) is 0 Å². The Balaban J connectivity index is -0.0000000450. The molecule has 0 heterocycles. The van der Waals surface area contributed by atoms with Gasteiger partial charge >= 0.3 is 6.03 Å². The zero-order valence-electron chi connectivity index (χ0n) is 3.18. The smallest absolute Gasteiger partial charge is 0.309 e. The van der Waals surface area contributed by atoms with Gasteiger partial charge in [0.2, 0.25) is 0 Å². The number of hydrogen-bond donors (Lipinski definition) is 2. The molecule has 0 bridgehead atoms. The van der Waals surface area contributed by atoms with Crippen LogP contribution in [-0.2, 0) is 19.5 Å². The van der Waals surface area contributed by atoms with Crippen molar-refractivity contribution >= 4 is 18.4 Å². The van der Waals surface area contributed by atoms with Crippen LogP contribution in [0.4, 0.5) is 4.79 Å². The number of primary amides is 2. The number of carbonyl (C=O) groups is 1. The maximum atomic E-state index is 9.00. The monoisotopic (exact) mass is 160 g/mol. The quantitative estimate of drug-likeness (QED) is 0.460. The molecule has 34 valence electrons. The number of rotatable bonds is 0. The van der Waals surface area contributed by atoms with Crippen molar-refractivity contribution in [3.63, 3.8) is 0 Å². The van der Waals surface area contributed by atoms with Gasteiger partial charge in [-0.25, -0.2) is 4.79 Å². The van der Waals surface area contributed by atoms with E-state index >= 15 is 0 Å². The molecule has 3 nitrogen and oxygen atoms in total. The van der Waals surface area contributed by atoms with Crippen molar-refractivity contribution in [2.45, 2.75) is 0 Å². The van der Waals surface area contributed by atoms with Gasteiger partial charge in [0.05, 0.1) is 0 Å². The van der Waals surface area contributed by atoms with Gasteiger partial charge in [0, 0.05) is 19.5 Å². The van der Waals surface area contributed by atoms with Crippen LogP contribution in [0, 0.1) is 0 Å². The first-order chi connectivity index (χ1) is 1.73. The Morgan fingerprint density at radius 3 is 1.33 bits per heavy atom. The van der Waals surface area contributed by atoms with Gasteiger partial charge < -0.3 is 11.5 Å². The Bertz CT molecular complexity index is 36.5. The summed E-state index contributed by atoms with van der Waals surface area (Å²) < 4.78 is 0. The SMILES string of the molecule is Cl.NC(N)=O.[Zn]. The molecule has 0 aliphatic heterocycles. The van der Waals surface area contributed by atoms with Crippen molar-refractivity contribution in [3.8, 4) is 0 Å². The Labute approximate surface area is 54.6 Å². The molecule has 0 aliphatic rings. The minimum Gasteiger partial charge on any atom is -0.352 e. The average Bonchev–Trinajstić information content (AvgIpc) is 0.811. The second-order valence-electron chi connectivity index (χ2n) is 0.402. The third-order valence-electron chi connectivity index (χ3n) is 0. The largest absolute Gasteiger partial charge is 0.352 e. The molecule has 0 aromatic carbocycles. The molecule has 6 heavy (non-hydrogen) atoms. The molecule has 0 aromatic rings. The van der Waals surface area contributed by atoms with Crippen molar-refractivity contribution in [3.05, 3.63) is 0 Å². The van der Waals surface area contributed by atoms with Gasteiger partial charge in [-0.15, -0.1) is 12.4 Å². The predicted molar refractivity (Wildman–Crippen MR) is 21.0 cm³/mol.